The molecule has 0 saturated carbocycles. The van der Waals surface area contributed by atoms with Crippen LogP contribution in [-0.4, -0.2) is 27.1 Å². The Morgan fingerprint density at radius 1 is 1.35 bits per heavy atom. The normalized spacial score (nSPS) is 10.1. The molecule has 17 heavy (non-hydrogen) atoms. The molecule has 0 spiro atoms. The van der Waals surface area contributed by atoms with Gasteiger partial charge in [0, 0.05) is 31.7 Å². The third-order valence-electron chi connectivity index (χ3n) is 2.32. The van der Waals surface area contributed by atoms with Crippen LogP contribution in [0.4, 0.5) is 0 Å². The molecule has 2 aromatic rings. The molecule has 0 fully saturated rings. The summed E-state index contributed by atoms with van der Waals surface area (Å²) in [5, 5.41) is 12.1. The van der Waals surface area contributed by atoms with Gasteiger partial charge in [-0.25, -0.2) is 4.98 Å². The zero-order valence-corrected chi connectivity index (χ0v) is 9.21. The van der Waals surface area contributed by atoms with Crippen molar-refractivity contribution in [3.8, 4) is 5.75 Å². The molecule has 1 amide bonds. The number of nitrogens with one attached hydrogen (secondary N) is 1. The van der Waals surface area contributed by atoms with E-state index in [4.69, 9.17) is 0 Å². The van der Waals surface area contributed by atoms with Crippen LogP contribution in [0.15, 0.2) is 42.9 Å². The van der Waals surface area contributed by atoms with E-state index in [0.717, 1.165) is 0 Å². The van der Waals surface area contributed by atoms with Gasteiger partial charge in [-0.1, -0.05) is 0 Å². The Labute approximate surface area is 98.7 Å². The average Bonchev–Trinajstić information content (AvgIpc) is 2.82. The molecule has 2 rings (SSSR count). The Kier molecular flexibility index (Phi) is 3.40. The fourth-order valence-electron chi connectivity index (χ4n) is 1.47. The number of aromatic nitrogens is 2. The van der Waals surface area contributed by atoms with Gasteiger partial charge in [0.2, 0.25) is 0 Å². The van der Waals surface area contributed by atoms with E-state index in [0.29, 0.717) is 13.1 Å². The Morgan fingerprint density at radius 3 is 2.82 bits per heavy atom. The first-order valence-electron chi connectivity index (χ1n) is 5.30. The van der Waals surface area contributed by atoms with Gasteiger partial charge in [-0.15, -0.1) is 0 Å². The van der Waals surface area contributed by atoms with Crippen molar-refractivity contribution in [1.29, 1.82) is 0 Å². The minimum absolute atomic E-state index is 0.0556. The van der Waals surface area contributed by atoms with Crippen LogP contribution in [0.5, 0.6) is 5.75 Å². The highest BCUT2D eigenvalue weighted by Crippen LogP contribution is 2.11. The van der Waals surface area contributed by atoms with E-state index in [2.05, 4.69) is 10.3 Å². The number of hydrogen-bond acceptors (Lipinski definition) is 3. The number of aromatic hydroxyl groups is 1. The molecule has 0 atom stereocenters. The van der Waals surface area contributed by atoms with Gasteiger partial charge >= 0.3 is 0 Å². The van der Waals surface area contributed by atoms with E-state index < -0.39 is 0 Å². The van der Waals surface area contributed by atoms with Crippen molar-refractivity contribution < 1.29 is 9.90 Å². The Morgan fingerprint density at radius 2 is 2.12 bits per heavy atom. The lowest BCUT2D eigenvalue weighted by Crippen LogP contribution is -2.27. The number of rotatable bonds is 4. The van der Waals surface area contributed by atoms with Crippen molar-refractivity contribution in [2.24, 2.45) is 0 Å². The largest absolute Gasteiger partial charge is 0.505 e. The maximum absolute atomic E-state index is 11.7. The van der Waals surface area contributed by atoms with Crippen LogP contribution < -0.4 is 5.32 Å². The zero-order valence-electron chi connectivity index (χ0n) is 9.21. The predicted molar refractivity (Wildman–Crippen MR) is 62.7 cm³/mol. The van der Waals surface area contributed by atoms with Crippen molar-refractivity contribution >= 4 is 5.91 Å². The SMILES string of the molecule is O=C(NCCn1cccc1)c1ncccc1O. The molecule has 5 heteroatoms. The van der Waals surface area contributed by atoms with Gasteiger partial charge in [-0.2, -0.15) is 0 Å². The van der Waals surface area contributed by atoms with E-state index in [9.17, 15) is 9.90 Å². The summed E-state index contributed by atoms with van der Waals surface area (Å²) in [5.74, 6) is -0.471. The van der Waals surface area contributed by atoms with Crippen LogP contribution in [-0.2, 0) is 6.54 Å². The highest BCUT2D eigenvalue weighted by molar-refractivity contribution is 5.94. The molecule has 0 aliphatic carbocycles. The highest BCUT2D eigenvalue weighted by Gasteiger charge is 2.10. The van der Waals surface area contributed by atoms with E-state index >= 15 is 0 Å². The molecule has 2 N–H and O–H groups in total. The topological polar surface area (TPSA) is 67.2 Å². The summed E-state index contributed by atoms with van der Waals surface area (Å²) in [6, 6.07) is 6.86. The Bertz CT molecular complexity index is 494. The molecule has 0 aliphatic heterocycles. The summed E-state index contributed by atoms with van der Waals surface area (Å²) in [6.45, 7) is 1.18. The van der Waals surface area contributed by atoms with Crippen molar-refractivity contribution in [2.45, 2.75) is 6.54 Å². The lowest BCUT2D eigenvalue weighted by Gasteiger charge is -2.06. The van der Waals surface area contributed by atoms with E-state index in [1.807, 2.05) is 29.1 Å². The average molecular weight is 231 g/mol. The lowest BCUT2D eigenvalue weighted by atomic mass is 10.3. The summed E-state index contributed by atoms with van der Waals surface area (Å²) < 4.78 is 1.96. The monoisotopic (exact) mass is 231 g/mol. The number of hydrogen-bond donors (Lipinski definition) is 2. The molecule has 5 nitrogen and oxygen atoms in total. The number of amides is 1. The molecular weight excluding hydrogens is 218 g/mol. The van der Waals surface area contributed by atoms with Gasteiger partial charge < -0.3 is 15.0 Å². The standard InChI is InChI=1S/C12H13N3O2/c16-10-4-3-5-13-11(10)12(17)14-6-9-15-7-1-2-8-15/h1-5,7-8,16H,6,9H2,(H,14,17). The third-order valence-corrected chi connectivity index (χ3v) is 2.32. The van der Waals surface area contributed by atoms with Crippen molar-refractivity contribution in [2.75, 3.05) is 6.54 Å². The minimum Gasteiger partial charge on any atom is -0.505 e. The summed E-state index contributed by atoms with van der Waals surface area (Å²) in [7, 11) is 0. The number of carbonyl (C=O) groups excluding carboxylic acids is 1. The number of carbonyl (C=O) groups is 1. The second-order valence-electron chi connectivity index (χ2n) is 3.55. The van der Waals surface area contributed by atoms with Crippen molar-refractivity contribution in [3.05, 3.63) is 48.5 Å². The fourth-order valence-corrected chi connectivity index (χ4v) is 1.47. The number of nitrogens with zero attached hydrogens (tertiary/aromatic N) is 2. The lowest BCUT2D eigenvalue weighted by molar-refractivity contribution is 0.0944. The predicted octanol–water partition coefficient (Wildman–Crippen LogP) is 1.02. The van der Waals surface area contributed by atoms with Gasteiger partial charge in [-0.3, -0.25) is 4.79 Å². The molecule has 0 bridgehead atoms. The van der Waals surface area contributed by atoms with Crippen LogP contribution in [0.1, 0.15) is 10.5 Å². The van der Waals surface area contributed by atoms with Crippen LogP contribution in [0.25, 0.3) is 0 Å². The molecule has 2 aromatic heterocycles. The quantitative estimate of drug-likeness (QED) is 0.825. The van der Waals surface area contributed by atoms with E-state index in [-0.39, 0.29) is 17.4 Å². The van der Waals surface area contributed by atoms with Crippen LogP contribution in [0, 0.1) is 0 Å². The molecule has 88 valence electrons. The molecular formula is C12H13N3O2. The van der Waals surface area contributed by atoms with E-state index in [1.165, 1.54) is 12.3 Å². The summed E-state index contributed by atoms with van der Waals surface area (Å²) in [5.41, 5.74) is 0.0556. The zero-order chi connectivity index (χ0) is 12.1. The van der Waals surface area contributed by atoms with Gasteiger partial charge in [-0.05, 0) is 24.3 Å². The fraction of sp³-hybridized carbons (Fsp3) is 0.167. The Hall–Kier alpha value is -2.30. The van der Waals surface area contributed by atoms with Crippen molar-refractivity contribution in [1.82, 2.24) is 14.9 Å². The third kappa shape index (κ3) is 2.84. The van der Waals surface area contributed by atoms with Gasteiger partial charge in [0.05, 0.1) is 0 Å². The number of pyridine rings is 1. The Balaban J connectivity index is 1.88. The highest BCUT2D eigenvalue weighted by atomic mass is 16.3. The molecule has 0 saturated heterocycles. The van der Waals surface area contributed by atoms with Gasteiger partial charge in [0.1, 0.15) is 5.75 Å². The van der Waals surface area contributed by atoms with Gasteiger partial charge in [0.25, 0.3) is 5.91 Å². The maximum atomic E-state index is 11.7. The van der Waals surface area contributed by atoms with Crippen LogP contribution in [0.3, 0.4) is 0 Å². The molecule has 2 heterocycles. The second-order valence-corrected chi connectivity index (χ2v) is 3.55. The van der Waals surface area contributed by atoms with Gasteiger partial charge in [0.15, 0.2) is 5.69 Å². The molecule has 0 unspecified atom stereocenters. The first-order chi connectivity index (χ1) is 8.27. The molecule has 0 aromatic carbocycles. The van der Waals surface area contributed by atoms with Crippen molar-refractivity contribution in [3.63, 3.8) is 0 Å². The maximum Gasteiger partial charge on any atom is 0.273 e. The summed E-state index contributed by atoms with van der Waals surface area (Å²) in [6.07, 6.45) is 5.31. The molecule has 0 aliphatic rings. The smallest absolute Gasteiger partial charge is 0.273 e. The van der Waals surface area contributed by atoms with Crippen LogP contribution >= 0.6 is 0 Å². The molecule has 0 radical (unpaired) electrons. The van der Waals surface area contributed by atoms with E-state index in [1.54, 1.807) is 6.07 Å². The first kappa shape index (κ1) is 11.2. The second kappa shape index (κ2) is 5.16. The summed E-state index contributed by atoms with van der Waals surface area (Å²) >= 11 is 0. The first-order valence-corrected chi connectivity index (χ1v) is 5.30. The minimum atomic E-state index is -0.366. The van der Waals surface area contributed by atoms with Crippen LogP contribution in [0.2, 0.25) is 0 Å². The summed E-state index contributed by atoms with van der Waals surface area (Å²) in [4.78, 5) is 15.5.